The van der Waals surface area contributed by atoms with Crippen molar-refractivity contribution < 1.29 is 13.6 Å². The Morgan fingerprint density at radius 3 is 2.41 bits per heavy atom. The monoisotopic (exact) mass is 332 g/mol. The van der Waals surface area contributed by atoms with Crippen molar-refractivity contribution in [3.8, 4) is 0 Å². The third-order valence-electron chi connectivity index (χ3n) is 3.88. The highest BCUT2D eigenvalue weighted by molar-refractivity contribution is 5.85. The van der Waals surface area contributed by atoms with Gasteiger partial charge in [0.05, 0.1) is 0 Å². The molecule has 3 nitrogen and oxygen atoms in total. The number of alkyl halides is 2. The number of halogens is 3. The molecule has 1 aliphatic rings. The predicted molar refractivity (Wildman–Crippen MR) is 85.5 cm³/mol. The van der Waals surface area contributed by atoms with E-state index in [1.807, 2.05) is 6.92 Å². The maximum atomic E-state index is 14.5. The first-order valence-electron chi connectivity index (χ1n) is 7.52. The van der Waals surface area contributed by atoms with Gasteiger partial charge >= 0.3 is 5.92 Å². The number of hydrogen-bond donors (Lipinski definition) is 1. The number of nitrogens with one attached hydrogen (secondary N) is 1. The number of benzene rings is 1. The van der Waals surface area contributed by atoms with Gasteiger partial charge < -0.3 is 10.2 Å². The molecule has 0 radical (unpaired) electrons. The van der Waals surface area contributed by atoms with E-state index < -0.39 is 11.8 Å². The molecule has 1 aromatic rings. The number of carbonyl (C=O) groups excluding carboxylic acids is 1. The van der Waals surface area contributed by atoms with Crippen LogP contribution in [0.4, 0.5) is 8.78 Å². The molecule has 1 heterocycles. The molecule has 2 rings (SSSR count). The molecule has 124 valence electrons. The first kappa shape index (κ1) is 18.8. The number of carbonyl (C=O) groups is 1. The Hall–Kier alpha value is -1.20. The standard InChI is InChI=1S/C16H22F2N2O.ClH/c1-2-12-20(14-8-10-19-11-9-14)15(21)16(17,18)13-6-4-3-5-7-13;/h3-7,14,19H,2,8-12H2,1H3;1H. The van der Waals surface area contributed by atoms with E-state index in [2.05, 4.69) is 5.32 Å². The van der Waals surface area contributed by atoms with Crippen molar-refractivity contribution in [2.24, 2.45) is 0 Å². The highest BCUT2D eigenvalue weighted by atomic mass is 35.5. The first-order chi connectivity index (χ1) is 10.1. The molecule has 6 heteroatoms. The summed E-state index contributed by atoms with van der Waals surface area (Å²) in [5.74, 6) is -4.52. The second-order valence-electron chi connectivity index (χ2n) is 5.42. The largest absolute Gasteiger partial charge is 0.349 e. The number of hydrogen-bond acceptors (Lipinski definition) is 2. The second kappa shape index (κ2) is 8.44. The molecule has 0 unspecified atom stereocenters. The van der Waals surface area contributed by atoms with Crippen LogP contribution < -0.4 is 5.32 Å². The van der Waals surface area contributed by atoms with Gasteiger partial charge in [-0.15, -0.1) is 12.4 Å². The Kier molecular flexibility index (Phi) is 7.23. The van der Waals surface area contributed by atoms with Crippen LogP contribution in [0.3, 0.4) is 0 Å². The molecule has 1 saturated heterocycles. The lowest BCUT2D eigenvalue weighted by molar-refractivity contribution is -0.162. The van der Waals surface area contributed by atoms with Crippen molar-refractivity contribution in [2.45, 2.75) is 38.2 Å². The summed E-state index contributed by atoms with van der Waals surface area (Å²) in [6, 6.07) is 7.26. The SMILES string of the molecule is CCCN(C(=O)C(F)(F)c1ccccc1)C1CCNCC1.Cl. The van der Waals surface area contributed by atoms with Crippen LogP contribution in [0, 0.1) is 0 Å². The lowest BCUT2D eigenvalue weighted by Crippen LogP contribution is -2.51. The molecule has 0 spiro atoms. The molecule has 0 saturated carbocycles. The second-order valence-corrected chi connectivity index (χ2v) is 5.42. The van der Waals surface area contributed by atoms with Gasteiger partial charge in [0.15, 0.2) is 0 Å². The third-order valence-corrected chi connectivity index (χ3v) is 3.88. The summed E-state index contributed by atoms with van der Waals surface area (Å²) in [5.41, 5.74) is -0.231. The Morgan fingerprint density at radius 2 is 1.86 bits per heavy atom. The van der Waals surface area contributed by atoms with Crippen molar-refractivity contribution in [3.63, 3.8) is 0 Å². The van der Waals surface area contributed by atoms with Crippen molar-refractivity contribution >= 4 is 18.3 Å². The Morgan fingerprint density at radius 1 is 1.27 bits per heavy atom. The highest BCUT2D eigenvalue weighted by Gasteiger charge is 2.45. The van der Waals surface area contributed by atoms with Crippen LogP contribution >= 0.6 is 12.4 Å². The molecule has 1 aromatic carbocycles. The average Bonchev–Trinajstić information content (AvgIpc) is 2.53. The van der Waals surface area contributed by atoms with E-state index in [0.717, 1.165) is 25.9 Å². The molecule has 22 heavy (non-hydrogen) atoms. The molecule has 0 aliphatic carbocycles. The van der Waals surface area contributed by atoms with Crippen molar-refractivity contribution in [3.05, 3.63) is 35.9 Å². The summed E-state index contributed by atoms with van der Waals surface area (Å²) in [6.45, 7) is 3.83. The minimum absolute atomic E-state index is 0. The van der Waals surface area contributed by atoms with E-state index in [-0.39, 0.29) is 24.0 Å². The van der Waals surface area contributed by atoms with Crippen molar-refractivity contribution in [1.82, 2.24) is 10.2 Å². The fourth-order valence-corrected chi connectivity index (χ4v) is 2.76. The van der Waals surface area contributed by atoms with Crippen LogP contribution in [0.5, 0.6) is 0 Å². The van der Waals surface area contributed by atoms with Gasteiger partial charge in [-0.1, -0.05) is 37.3 Å². The Labute approximate surface area is 136 Å². The molecule has 0 bridgehead atoms. The molecule has 0 atom stereocenters. The minimum Gasteiger partial charge on any atom is -0.334 e. The van der Waals surface area contributed by atoms with Crippen LogP contribution in [0.2, 0.25) is 0 Å². The zero-order valence-corrected chi connectivity index (χ0v) is 13.5. The Bertz CT molecular complexity index is 464. The fourth-order valence-electron chi connectivity index (χ4n) is 2.76. The molecule has 1 amide bonds. The van der Waals surface area contributed by atoms with Gasteiger partial charge in [0.1, 0.15) is 0 Å². The van der Waals surface area contributed by atoms with E-state index >= 15 is 0 Å². The molecule has 0 aromatic heterocycles. The number of amides is 1. The van der Waals surface area contributed by atoms with Gasteiger partial charge in [0.2, 0.25) is 0 Å². The maximum Gasteiger partial charge on any atom is 0.349 e. The first-order valence-corrected chi connectivity index (χ1v) is 7.52. The zero-order valence-electron chi connectivity index (χ0n) is 12.7. The quantitative estimate of drug-likeness (QED) is 0.898. The Balaban J connectivity index is 0.00000242. The van der Waals surface area contributed by atoms with Gasteiger partial charge in [-0.05, 0) is 32.4 Å². The minimum atomic E-state index is -3.46. The summed E-state index contributed by atoms with van der Waals surface area (Å²) in [4.78, 5) is 13.8. The predicted octanol–water partition coefficient (Wildman–Crippen LogP) is 3.19. The fraction of sp³-hybridized carbons (Fsp3) is 0.562. The van der Waals surface area contributed by atoms with Crippen LogP contribution in [-0.2, 0) is 10.7 Å². The summed E-state index contributed by atoms with van der Waals surface area (Å²) in [6.07, 6.45) is 2.15. The normalized spacial score (nSPS) is 16.0. The molecule has 1 fully saturated rings. The van der Waals surface area contributed by atoms with E-state index in [0.29, 0.717) is 13.0 Å². The van der Waals surface area contributed by atoms with Crippen LogP contribution in [-0.4, -0.2) is 36.5 Å². The third kappa shape index (κ3) is 4.17. The van der Waals surface area contributed by atoms with Gasteiger partial charge in [-0.25, -0.2) is 0 Å². The van der Waals surface area contributed by atoms with Crippen molar-refractivity contribution in [2.75, 3.05) is 19.6 Å². The smallest absolute Gasteiger partial charge is 0.334 e. The van der Waals surface area contributed by atoms with Crippen LogP contribution in [0.25, 0.3) is 0 Å². The maximum absolute atomic E-state index is 14.5. The van der Waals surface area contributed by atoms with Crippen molar-refractivity contribution in [1.29, 1.82) is 0 Å². The van der Waals surface area contributed by atoms with Gasteiger partial charge in [0.25, 0.3) is 5.91 Å². The molecule has 1 aliphatic heterocycles. The van der Waals surface area contributed by atoms with E-state index in [1.54, 1.807) is 6.07 Å². The summed E-state index contributed by atoms with van der Waals surface area (Å²) in [7, 11) is 0. The molecule has 1 N–H and O–H groups in total. The van der Waals surface area contributed by atoms with Crippen LogP contribution in [0.15, 0.2) is 30.3 Å². The topological polar surface area (TPSA) is 32.3 Å². The van der Waals surface area contributed by atoms with Gasteiger partial charge in [0, 0.05) is 18.2 Å². The number of rotatable bonds is 5. The lowest BCUT2D eigenvalue weighted by atomic mass is 10.0. The lowest BCUT2D eigenvalue weighted by Gasteiger charge is -2.36. The summed E-state index contributed by atoms with van der Waals surface area (Å²) < 4.78 is 28.9. The number of piperidine rings is 1. The molecular weight excluding hydrogens is 310 g/mol. The van der Waals surface area contributed by atoms with E-state index in [9.17, 15) is 13.6 Å². The van der Waals surface area contributed by atoms with E-state index in [4.69, 9.17) is 0 Å². The summed E-state index contributed by atoms with van der Waals surface area (Å²) in [5, 5.41) is 3.20. The van der Waals surface area contributed by atoms with Gasteiger partial charge in [-0.2, -0.15) is 8.78 Å². The zero-order chi connectivity index (χ0) is 15.3. The number of nitrogens with zero attached hydrogens (tertiary/aromatic N) is 1. The highest BCUT2D eigenvalue weighted by Crippen LogP contribution is 2.31. The molecular formula is C16H23ClF2N2O. The summed E-state index contributed by atoms with van der Waals surface area (Å²) >= 11 is 0. The van der Waals surface area contributed by atoms with E-state index in [1.165, 1.54) is 29.2 Å². The average molecular weight is 333 g/mol. The van der Waals surface area contributed by atoms with Gasteiger partial charge in [-0.3, -0.25) is 4.79 Å². The van der Waals surface area contributed by atoms with Crippen LogP contribution in [0.1, 0.15) is 31.7 Å².